The molecule has 7 nitrogen and oxygen atoms in total. The quantitative estimate of drug-likeness (QED) is 0.363. The van der Waals surface area contributed by atoms with E-state index in [-0.39, 0.29) is 17.5 Å². The Hall–Kier alpha value is -1.60. The van der Waals surface area contributed by atoms with Crippen LogP contribution in [0.5, 0.6) is 0 Å². The number of oxime groups is 1. The second kappa shape index (κ2) is 5.41. The third-order valence-electron chi connectivity index (χ3n) is 4.27. The number of rotatable bonds is 2. The van der Waals surface area contributed by atoms with Gasteiger partial charge in [-0.25, -0.2) is 4.98 Å². The summed E-state index contributed by atoms with van der Waals surface area (Å²) in [6, 6.07) is 0.264. The summed E-state index contributed by atoms with van der Waals surface area (Å²) in [7, 11) is 0. The molecular formula is C13H20N4O3. The molecule has 1 aromatic heterocycles. The first-order chi connectivity index (χ1) is 9.74. The smallest absolute Gasteiger partial charge is 0.206 e. The van der Waals surface area contributed by atoms with Gasteiger partial charge in [0.2, 0.25) is 5.84 Å². The van der Waals surface area contributed by atoms with Crippen molar-refractivity contribution in [1.29, 1.82) is 0 Å². The second-order valence-corrected chi connectivity index (χ2v) is 5.43. The zero-order valence-electron chi connectivity index (χ0n) is 11.4. The fraction of sp³-hybridized carbons (Fsp3) is 0.692. The molecule has 0 aromatic carbocycles. The van der Waals surface area contributed by atoms with Crippen molar-refractivity contribution in [2.45, 2.75) is 37.3 Å². The Bertz CT molecular complexity index is 488. The van der Waals surface area contributed by atoms with Crippen LogP contribution in [0.15, 0.2) is 17.5 Å². The van der Waals surface area contributed by atoms with Crippen LogP contribution in [0.4, 0.5) is 0 Å². The third kappa shape index (κ3) is 2.38. The fourth-order valence-electron chi connectivity index (χ4n) is 3.18. The van der Waals surface area contributed by atoms with Crippen LogP contribution in [0.3, 0.4) is 0 Å². The van der Waals surface area contributed by atoms with Crippen LogP contribution in [0.25, 0.3) is 0 Å². The summed E-state index contributed by atoms with van der Waals surface area (Å²) in [6.07, 6.45) is 7.24. The minimum atomic E-state index is -0.0895. The summed E-state index contributed by atoms with van der Waals surface area (Å²) < 4.78 is 13.5. The van der Waals surface area contributed by atoms with Gasteiger partial charge in [0.15, 0.2) is 5.82 Å². The largest absolute Gasteiger partial charge is 0.409 e. The minimum absolute atomic E-state index is 0.0440. The maximum atomic E-state index is 8.84. The maximum Gasteiger partial charge on any atom is 0.206 e. The number of imidazole rings is 1. The number of nitrogens with two attached hydrogens (primary N) is 1. The van der Waals surface area contributed by atoms with Crippen LogP contribution in [0.2, 0.25) is 0 Å². The van der Waals surface area contributed by atoms with E-state index in [0.29, 0.717) is 5.82 Å². The van der Waals surface area contributed by atoms with E-state index in [2.05, 4.69) is 10.1 Å². The molecule has 1 spiro atoms. The molecule has 20 heavy (non-hydrogen) atoms. The van der Waals surface area contributed by atoms with Crippen molar-refractivity contribution in [2.24, 2.45) is 10.9 Å². The molecule has 3 N–H and O–H groups in total. The predicted octanol–water partition coefficient (Wildman–Crippen LogP) is 0.878. The molecule has 0 radical (unpaired) electrons. The summed E-state index contributed by atoms with van der Waals surface area (Å²) in [5, 5.41) is 11.9. The van der Waals surface area contributed by atoms with Gasteiger partial charge in [0, 0.05) is 38.3 Å². The number of hydrogen-bond acceptors (Lipinski definition) is 5. The van der Waals surface area contributed by atoms with Gasteiger partial charge in [0.25, 0.3) is 0 Å². The monoisotopic (exact) mass is 280 g/mol. The van der Waals surface area contributed by atoms with Gasteiger partial charge in [-0.05, 0) is 25.7 Å². The highest BCUT2D eigenvalue weighted by Crippen LogP contribution is 2.39. The molecule has 1 unspecified atom stereocenters. The van der Waals surface area contributed by atoms with Gasteiger partial charge < -0.3 is 25.0 Å². The van der Waals surface area contributed by atoms with Crippen LogP contribution in [0, 0.1) is 0 Å². The van der Waals surface area contributed by atoms with Crippen molar-refractivity contribution >= 4 is 5.84 Å². The van der Waals surface area contributed by atoms with E-state index in [1.807, 2.05) is 10.8 Å². The van der Waals surface area contributed by atoms with Crippen molar-refractivity contribution in [3.05, 3.63) is 18.2 Å². The van der Waals surface area contributed by atoms with Crippen molar-refractivity contribution in [1.82, 2.24) is 9.55 Å². The molecule has 2 aliphatic heterocycles. The average molecular weight is 280 g/mol. The summed E-state index contributed by atoms with van der Waals surface area (Å²) in [5.74, 6) is 0.559. The molecule has 2 saturated heterocycles. The van der Waals surface area contributed by atoms with Gasteiger partial charge in [-0.15, -0.1) is 0 Å². The lowest BCUT2D eigenvalue weighted by Crippen LogP contribution is -2.45. The minimum Gasteiger partial charge on any atom is -0.409 e. The van der Waals surface area contributed by atoms with Gasteiger partial charge in [-0.3, -0.25) is 0 Å². The first-order valence-corrected chi connectivity index (χ1v) is 6.96. The molecule has 110 valence electrons. The van der Waals surface area contributed by atoms with Crippen LogP contribution in [-0.4, -0.2) is 46.0 Å². The highest BCUT2D eigenvalue weighted by Gasteiger charge is 2.40. The van der Waals surface area contributed by atoms with E-state index < -0.39 is 0 Å². The van der Waals surface area contributed by atoms with E-state index in [0.717, 1.165) is 45.5 Å². The van der Waals surface area contributed by atoms with Gasteiger partial charge >= 0.3 is 0 Å². The zero-order valence-corrected chi connectivity index (χ0v) is 11.4. The van der Waals surface area contributed by atoms with Crippen molar-refractivity contribution < 1.29 is 14.7 Å². The lowest BCUT2D eigenvalue weighted by atomic mass is 9.84. The number of hydrogen-bond donors (Lipinski definition) is 2. The van der Waals surface area contributed by atoms with Crippen LogP contribution >= 0.6 is 0 Å². The number of ether oxygens (including phenoxy) is 2. The van der Waals surface area contributed by atoms with E-state index in [1.165, 1.54) is 0 Å². The van der Waals surface area contributed by atoms with Crippen LogP contribution in [-0.2, 0) is 9.47 Å². The molecule has 2 aliphatic rings. The van der Waals surface area contributed by atoms with Gasteiger partial charge in [-0.1, -0.05) is 5.16 Å². The molecule has 1 aromatic rings. The highest BCUT2D eigenvalue weighted by molar-refractivity contribution is 5.93. The van der Waals surface area contributed by atoms with E-state index in [9.17, 15) is 0 Å². The molecule has 3 rings (SSSR count). The van der Waals surface area contributed by atoms with Crippen molar-refractivity contribution in [2.75, 3.05) is 19.8 Å². The topological polar surface area (TPSA) is 94.9 Å². The zero-order chi connectivity index (χ0) is 14.0. The fourth-order valence-corrected chi connectivity index (χ4v) is 3.18. The Kier molecular flexibility index (Phi) is 3.62. The lowest BCUT2D eigenvalue weighted by Gasteiger charge is -2.43. The Morgan fingerprint density at radius 2 is 2.25 bits per heavy atom. The second-order valence-electron chi connectivity index (χ2n) is 5.43. The van der Waals surface area contributed by atoms with Gasteiger partial charge in [-0.2, -0.15) is 0 Å². The molecule has 3 heterocycles. The van der Waals surface area contributed by atoms with Crippen molar-refractivity contribution in [3.8, 4) is 0 Å². The molecule has 7 heteroatoms. The standard InChI is InChI=1S/C13H20N4O3/c14-11(16-18)12-15-4-5-17(12)10-1-6-20-13(9-10)2-7-19-8-3-13/h4-5,10,18H,1-3,6-9H2,(H2,14,16). The molecule has 1 atom stereocenters. The predicted molar refractivity (Wildman–Crippen MR) is 71.7 cm³/mol. The molecule has 0 saturated carbocycles. The van der Waals surface area contributed by atoms with E-state index >= 15 is 0 Å². The van der Waals surface area contributed by atoms with Crippen LogP contribution < -0.4 is 5.73 Å². The summed E-state index contributed by atoms with van der Waals surface area (Å²) >= 11 is 0. The van der Waals surface area contributed by atoms with Gasteiger partial charge in [0.05, 0.1) is 5.60 Å². The first-order valence-electron chi connectivity index (χ1n) is 6.96. The molecule has 0 amide bonds. The van der Waals surface area contributed by atoms with E-state index in [1.54, 1.807) is 6.20 Å². The maximum absolute atomic E-state index is 8.84. The number of nitrogens with zero attached hydrogens (tertiary/aromatic N) is 3. The van der Waals surface area contributed by atoms with E-state index in [4.69, 9.17) is 20.4 Å². The summed E-state index contributed by atoms with van der Waals surface area (Å²) in [4.78, 5) is 4.18. The molecular weight excluding hydrogens is 260 g/mol. The molecule has 0 aliphatic carbocycles. The highest BCUT2D eigenvalue weighted by atomic mass is 16.5. The Labute approximate surface area is 117 Å². The third-order valence-corrected chi connectivity index (χ3v) is 4.27. The number of aromatic nitrogens is 2. The lowest BCUT2D eigenvalue weighted by molar-refractivity contribution is -0.144. The average Bonchev–Trinajstić information content (AvgIpc) is 2.97. The molecule has 0 bridgehead atoms. The summed E-state index contributed by atoms with van der Waals surface area (Å²) in [5.41, 5.74) is 5.59. The Balaban J connectivity index is 1.82. The van der Waals surface area contributed by atoms with Gasteiger partial charge in [0.1, 0.15) is 0 Å². The first kappa shape index (κ1) is 13.4. The SMILES string of the molecule is N/C(=N/O)c1nccn1C1CCOC2(CCOCC2)C1. The Morgan fingerprint density at radius 1 is 1.45 bits per heavy atom. The normalized spacial score (nSPS) is 26.8. The molecule has 2 fully saturated rings. The number of amidine groups is 1. The van der Waals surface area contributed by atoms with Crippen molar-refractivity contribution in [3.63, 3.8) is 0 Å². The Morgan fingerprint density at radius 3 is 3.00 bits per heavy atom. The van der Waals surface area contributed by atoms with Crippen LogP contribution in [0.1, 0.15) is 37.5 Å². The summed E-state index contributed by atoms with van der Waals surface area (Å²) in [6.45, 7) is 2.23.